The zero-order valence-corrected chi connectivity index (χ0v) is 14.6. The molecule has 1 fully saturated rings. The van der Waals surface area contributed by atoms with Crippen LogP contribution in [0.2, 0.25) is 0 Å². The van der Waals surface area contributed by atoms with Gasteiger partial charge in [0.25, 0.3) is 7.82 Å². The Kier molecular flexibility index (Phi) is 5.09. The molecular formula is C10H12N2NaO7P. The Morgan fingerprint density at radius 1 is 1.38 bits per heavy atom. The summed E-state index contributed by atoms with van der Waals surface area (Å²) in [5.41, 5.74) is 0.216. The van der Waals surface area contributed by atoms with Gasteiger partial charge in [-0.15, -0.1) is 0 Å². The smallest absolute Gasteiger partial charge is 0.756 e. The molecule has 3 heterocycles. The molecule has 0 aromatic carbocycles. The van der Waals surface area contributed by atoms with Crippen molar-refractivity contribution in [1.29, 1.82) is 0 Å². The molecule has 1 unspecified atom stereocenters. The van der Waals surface area contributed by atoms with Gasteiger partial charge in [-0.2, -0.15) is 0 Å². The molecule has 0 spiro atoms. The van der Waals surface area contributed by atoms with E-state index < -0.39 is 25.8 Å². The van der Waals surface area contributed by atoms with E-state index in [0.29, 0.717) is 0 Å². The average Bonchev–Trinajstić information content (AvgIpc) is 2.45. The van der Waals surface area contributed by atoms with E-state index in [1.165, 1.54) is 26.6 Å². The van der Waals surface area contributed by atoms with Gasteiger partial charge in [0.2, 0.25) is 11.7 Å². The van der Waals surface area contributed by atoms with Crippen LogP contribution in [0.5, 0.6) is 5.88 Å². The molecule has 2 aliphatic heterocycles. The topological polar surface area (TPSA) is 112 Å². The molecule has 11 heteroatoms. The van der Waals surface area contributed by atoms with E-state index in [0.717, 1.165) is 0 Å². The van der Waals surface area contributed by atoms with E-state index in [1.807, 2.05) is 0 Å². The number of phosphoric acid groups is 1. The number of nitrogens with zero attached hydrogens (tertiary/aromatic N) is 2. The molecule has 1 aromatic heterocycles. The Morgan fingerprint density at radius 3 is 2.71 bits per heavy atom. The second-order valence-electron chi connectivity index (χ2n) is 4.21. The van der Waals surface area contributed by atoms with Crippen LogP contribution in [-0.2, 0) is 28.9 Å². The summed E-state index contributed by atoms with van der Waals surface area (Å²) in [5.74, 6) is -1.34. The monoisotopic (exact) mass is 326 g/mol. The molecule has 0 amide bonds. The Labute approximate surface area is 142 Å². The summed E-state index contributed by atoms with van der Waals surface area (Å²) >= 11 is 0. The van der Waals surface area contributed by atoms with Crippen molar-refractivity contribution in [1.82, 2.24) is 9.97 Å². The zero-order chi connectivity index (χ0) is 14.4. The Morgan fingerprint density at radius 2 is 2.05 bits per heavy atom. The second-order valence-corrected chi connectivity index (χ2v) is 5.57. The molecule has 2 aliphatic rings. The van der Waals surface area contributed by atoms with Crippen molar-refractivity contribution in [3.05, 3.63) is 18.1 Å². The number of hydrogen-bond acceptors (Lipinski definition) is 9. The summed E-state index contributed by atoms with van der Waals surface area (Å²) in [6.45, 7) is -0.212. The van der Waals surface area contributed by atoms with Crippen molar-refractivity contribution >= 4 is 7.82 Å². The second kappa shape index (κ2) is 6.19. The molecule has 0 N–H and O–H groups in total. The van der Waals surface area contributed by atoms with Crippen molar-refractivity contribution < 1.29 is 62.3 Å². The Hall–Kier alpha value is -0.0900. The number of fused-ring (bicyclic) bond motifs is 2. The van der Waals surface area contributed by atoms with Gasteiger partial charge in [-0.25, -0.2) is 9.97 Å². The maximum absolute atomic E-state index is 11.5. The third kappa shape index (κ3) is 2.78. The summed E-state index contributed by atoms with van der Waals surface area (Å²) in [6.07, 6.45) is 1.05. The number of rotatable bonds is 2. The molecule has 1 aromatic rings. The van der Waals surface area contributed by atoms with E-state index >= 15 is 0 Å². The number of aromatic nitrogens is 2. The van der Waals surface area contributed by atoms with Crippen LogP contribution in [0.15, 0.2) is 12.4 Å². The van der Waals surface area contributed by atoms with Crippen molar-refractivity contribution in [2.75, 3.05) is 20.8 Å². The van der Waals surface area contributed by atoms with Gasteiger partial charge in [0, 0.05) is 26.6 Å². The van der Waals surface area contributed by atoms with Crippen LogP contribution in [0.25, 0.3) is 0 Å². The molecular weight excluding hydrogens is 314 g/mol. The third-order valence-electron chi connectivity index (χ3n) is 3.22. The van der Waals surface area contributed by atoms with Gasteiger partial charge in [-0.1, -0.05) is 0 Å². The molecule has 0 aliphatic carbocycles. The Bertz CT molecular complexity index is 570. The van der Waals surface area contributed by atoms with Crippen molar-refractivity contribution in [3.63, 3.8) is 0 Å². The summed E-state index contributed by atoms with van der Waals surface area (Å²) in [4.78, 5) is 19.7. The molecule has 1 saturated heterocycles. The quantitative estimate of drug-likeness (QED) is 0.311. The van der Waals surface area contributed by atoms with Crippen LogP contribution >= 0.6 is 7.82 Å². The van der Waals surface area contributed by atoms with Crippen LogP contribution in [-0.4, -0.2) is 43.0 Å². The van der Waals surface area contributed by atoms with E-state index in [1.54, 1.807) is 0 Å². The van der Waals surface area contributed by atoms with Gasteiger partial charge >= 0.3 is 29.6 Å². The fraction of sp³-hybridized carbons (Fsp3) is 0.600. The molecule has 0 bridgehead atoms. The number of methoxy groups -OCH3 is 2. The first-order valence-corrected chi connectivity index (χ1v) is 7.21. The van der Waals surface area contributed by atoms with E-state index in [9.17, 15) is 9.46 Å². The van der Waals surface area contributed by atoms with Gasteiger partial charge in [0.1, 0.15) is 0 Å². The zero-order valence-electron chi connectivity index (χ0n) is 11.7. The summed E-state index contributed by atoms with van der Waals surface area (Å²) in [7, 11) is -1.71. The first-order valence-electron chi connectivity index (χ1n) is 5.75. The van der Waals surface area contributed by atoms with Crippen molar-refractivity contribution in [3.8, 4) is 5.88 Å². The largest absolute Gasteiger partial charge is 1.00 e. The molecule has 0 saturated carbocycles. The SMILES string of the molecule is COC1(OC)c2nccnc2O[C@@H]2COP(=O)([O-])O[C@@H]21.[Na+]. The first-order chi connectivity index (χ1) is 9.52. The van der Waals surface area contributed by atoms with E-state index in [2.05, 4.69) is 14.5 Å². The molecule has 9 nitrogen and oxygen atoms in total. The maximum atomic E-state index is 11.5. The summed E-state index contributed by atoms with van der Waals surface area (Å²) < 4.78 is 37.4. The first kappa shape index (κ1) is 17.3. The molecule has 0 radical (unpaired) electrons. The van der Waals surface area contributed by atoms with Crippen LogP contribution < -0.4 is 39.2 Å². The molecule has 21 heavy (non-hydrogen) atoms. The fourth-order valence-corrected chi connectivity index (χ4v) is 3.28. The number of phosphoric ester groups is 1. The van der Waals surface area contributed by atoms with E-state index in [-0.39, 0.29) is 47.7 Å². The average molecular weight is 326 g/mol. The molecule has 3 rings (SSSR count). The van der Waals surface area contributed by atoms with E-state index in [4.69, 9.17) is 18.7 Å². The standard InChI is InChI=1S/C10H13N2O7P.Na/c1-15-10(16-2)7-9(12-4-3-11-7)18-6-5-17-20(13,14)19-8(6)10;/h3-4,6,8H,5H2,1-2H3,(H,13,14);/q;+1/p-1/t6-,8+;/m1./s1. The maximum Gasteiger partial charge on any atom is 1.00 e. The van der Waals surface area contributed by atoms with Gasteiger partial charge < -0.3 is 28.2 Å². The number of hydrogen-bond donors (Lipinski definition) is 0. The predicted octanol–water partition coefficient (Wildman–Crippen LogP) is -3.43. The normalized spacial score (nSPS) is 33.1. The van der Waals surface area contributed by atoms with Crippen LogP contribution in [0, 0.1) is 0 Å². The fourth-order valence-electron chi connectivity index (χ4n) is 2.34. The molecule has 3 atom stereocenters. The third-order valence-corrected chi connectivity index (χ3v) is 4.17. The van der Waals surface area contributed by atoms with Crippen molar-refractivity contribution in [2.45, 2.75) is 18.0 Å². The predicted molar refractivity (Wildman–Crippen MR) is 60.6 cm³/mol. The van der Waals surface area contributed by atoms with Crippen LogP contribution in [0.4, 0.5) is 0 Å². The minimum Gasteiger partial charge on any atom is -0.756 e. The van der Waals surface area contributed by atoms with Gasteiger partial charge in [-0.05, 0) is 0 Å². The van der Waals surface area contributed by atoms with Gasteiger partial charge in [0.05, 0.1) is 6.61 Å². The van der Waals surface area contributed by atoms with Gasteiger partial charge in [0.15, 0.2) is 17.9 Å². The van der Waals surface area contributed by atoms with Crippen LogP contribution in [0.3, 0.4) is 0 Å². The summed E-state index contributed by atoms with van der Waals surface area (Å²) in [5, 5.41) is 0. The van der Waals surface area contributed by atoms with Crippen LogP contribution in [0.1, 0.15) is 5.69 Å². The minimum atomic E-state index is -4.43. The minimum absolute atomic E-state index is 0. The Balaban J connectivity index is 0.00000161. The van der Waals surface area contributed by atoms with Gasteiger partial charge in [-0.3, -0.25) is 4.57 Å². The summed E-state index contributed by atoms with van der Waals surface area (Å²) in [6, 6.07) is 0. The number of ether oxygens (including phenoxy) is 3. The molecule has 110 valence electrons. The van der Waals surface area contributed by atoms with Crippen molar-refractivity contribution in [2.24, 2.45) is 0 Å².